The van der Waals surface area contributed by atoms with Gasteiger partial charge in [0.15, 0.2) is 0 Å². The minimum Gasteiger partial charge on any atom is -0.291 e. The summed E-state index contributed by atoms with van der Waals surface area (Å²) >= 11 is 0. The Bertz CT molecular complexity index is 537. The first-order valence-electron chi connectivity index (χ1n) is 6.32. The number of allylic oxidation sites excluding steroid dienone is 2. The topological polar surface area (TPSA) is 32.3 Å². The van der Waals surface area contributed by atoms with Crippen molar-refractivity contribution in [2.75, 3.05) is 5.43 Å². The molecule has 1 aliphatic rings. The van der Waals surface area contributed by atoms with Crippen molar-refractivity contribution in [1.29, 1.82) is 0 Å². The van der Waals surface area contributed by atoms with E-state index in [-0.39, 0.29) is 0 Å². The molecule has 0 spiro atoms. The maximum atomic E-state index is 12.7. The second kappa shape index (κ2) is 5.56. The highest BCUT2D eigenvalue weighted by atomic mass is 19.4. The maximum absolute atomic E-state index is 12.7. The van der Waals surface area contributed by atoms with Crippen molar-refractivity contribution in [2.24, 2.45) is 0 Å². The number of halogens is 3. The summed E-state index contributed by atoms with van der Waals surface area (Å²) in [5, 5.41) is 0.620. The number of alkyl halides is 3. The highest BCUT2D eigenvalue weighted by Crippen LogP contribution is 2.28. The molecule has 0 aromatic heterocycles. The van der Waals surface area contributed by atoms with Crippen LogP contribution in [0, 0.1) is 6.92 Å². The van der Waals surface area contributed by atoms with Crippen LogP contribution in [-0.2, 0) is 4.79 Å². The van der Waals surface area contributed by atoms with Crippen molar-refractivity contribution in [2.45, 2.75) is 32.4 Å². The van der Waals surface area contributed by atoms with Crippen LogP contribution in [0.2, 0.25) is 0 Å². The second-order valence-electron chi connectivity index (χ2n) is 4.65. The summed E-state index contributed by atoms with van der Waals surface area (Å²) < 4.78 is 38.1. The van der Waals surface area contributed by atoms with Gasteiger partial charge in [0.1, 0.15) is 0 Å². The standard InChI is InChI=1S/C14H15F3N2O/c1-10-6-2-5-9-12(10)18-19(11-7-3-4-8-11)13(20)14(15,16)17/h2,5-7,9,18H,3-4,8H2,1H3. The van der Waals surface area contributed by atoms with Crippen molar-refractivity contribution in [3.63, 3.8) is 0 Å². The molecule has 6 heteroatoms. The van der Waals surface area contributed by atoms with Crippen molar-refractivity contribution in [3.05, 3.63) is 41.6 Å². The molecule has 20 heavy (non-hydrogen) atoms. The Hall–Kier alpha value is -1.98. The fourth-order valence-electron chi connectivity index (χ4n) is 2.06. The molecule has 0 unspecified atom stereocenters. The molecular formula is C14H15F3N2O. The van der Waals surface area contributed by atoms with E-state index in [1.807, 2.05) is 0 Å². The van der Waals surface area contributed by atoms with Gasteiger partial charge in [0.2, 0.25) is 0 Å². The largest absolute Gasteiger partial charge is 0.473 e. The quantitative estimate of drug-likeness (QED) is 0.857. The van der Waals surface area contributed by atoms with Gasteiger partial charge in [0, 0.05) is 5.70 Å². The summed E-state index contributed by atoms with van der Waals surface area (Å²) in [6, 6.07) is 6.89. The van der Waals surface area contributed by atoms with Gasteiger partial charge in [-0.2, -0.15) is 13.2 Å². The van der Waals surface area contributed by atoms with Gasteiger partial charge in [0.25, 0.3) is 0 Å². The average molecular weight is 284 g/mol. The van der Waals surface area contributed by atoms with Gasteiger partial charge >= 0.3 is 12.1 Å². The van der Waals surface area contributed by atoms with Crippen molar-refractivity contribution < 1.29 is 18.0 Å². The summed E-state index contributed by atoms with van der Waals surface area (Å²) in [6.07, 6.45) is -1.34. The molecule has 0 aliphatic heterocycles. The number of benzene rings is 1. The molecule has 1 aliphatic carbocycles. The Morgan fingerprint density at radius 1 is 1.30 bits per heavy atom. The van der Waals surface area contributed by atoms with Gasteiger partial charge in [-0.1, -0.05) is 24.3 Å². The molecule has 0 saturated carbocycles. The van der Waals surface area contributed by atoms with Crippen molar-refractivity contribution in [1.82, 2.24) is 5.01 Å². The molecule has 0 saturated heterocycles. The number of rotatable bonds is 3. The van der Waals surface area contributed by atoms with E-state index >= 15 is 0 Å². The van der Waals surface area contributed by atoms with Crippen LogP contribution in [0.15, 0.2) is 36.0 Å². The van der Waals surface area contributed by atoms with Crippen LogP contribution in [0.25, 0.3) is 0 Å². The molecule has 0 atom stereocenters. The van der Waals surface area contributed by atoms with Crippen LogP contribution in [-0.4, -0.2) is 17.1 Å². The van der Waals surface area contributed by atoms with Crippen LogP contribution >= 0.6 is 0 Å². The van der Waals surface area contributed by atoms with E-state index in [1.54, 1.807) is 37.3 Å². The minimum absolute atomic E-state index is 0.371. The zero-order valence-corrected chi connectivity index (χ0v) is 11.0. The molecule has 1 aromatic carbocycles. The highest BCUT2D eigenvalue weighted by molar-refractivity contribution is 5.85. The molecule has 1 aromatic rings. The van der Waals surface area contributed by atoms with Crippen LogP contribution in [0.5, 0.6) is 0 Å². The first-order chi connectivity index (χ1) is 9.39. The van der Waals surface area contributed by atoms with Crippen LogP contribution in [0.4, 0.5) is 18.9 Å². The molecule has 3 nitrogen and oxygen atoms in total. The molecule has 0 heterocycles. The van der Waals surface area contributed by atoms with Gasteiger partial charge in [0.05, 0.1) is 5.69 Å². The Balaban J connectivity index is 2.28. The Morgan fingerprint density at radius 2 is 2.00 bits per heavy atom. The number of amides is 1. The zero-order chi connectivity index (χ0) is 14.8. The van der Waals surface area contributed by atoms with E-state index < -0.39 is 12.1 Å². The van der Waals surface area contributed by atoms with Gasteiger partial charge in [-0.15, -0.1) is 0 Å². The molecule has 2 rings (SSSR count). The van der Waals surface area contributed by atoms with E-state index in [1.165, 1.54) is 0 Å². The second-order valence-corrected chi connectivity index (χ2v) is 4.65. The van der Waals surface area contributed by atoms with Gasteiger partial charge in [-0.05, 0) is 37.8 Å². The fourth-order valence-corrected chi connectivity index (χ4v) is 2.06. The molecule has 1 amide bonds. The molecule has 1 N–H and O–H groups in total. The monoisotopic (exact) mass is 284 g/mol. The van der Waals surface area contributed by atoms with Crippen molar-refractivity contribution in [3.8, 4) is 0 Å². The summed E-state index contributed by atoms with van der Waals surface area (Å²) in [5.74, 6) is -1.89. The van der Waals surface area contributed by atoms with Gasteiger partial charge in [-0.3, -0.25) is 10.2 Å². The lowest BCUT2D eigenvalue weighted by Gasteiger charge is -2.27. The van der Waals surface area contributed by atoms with E-state index in [0.717, 1.165) is 12.0 Å². The van der Waals surface area contributed by atoms with Crippen LogP contribution in [0.3, 0.4) is 0 Å². The van der Waals surface area contributed by atoms with Gasteiger partial charge < -0.3 is 0 Å². The lowest BCUT2D eigenvalue weighted by Crippen LogP contribution is -2.43. The van der Waals surface area contributed by atoms with Gasteiger partial charge in [-0.25, -0.2) is 5.01 Å². The number of hydrazine groups is 1. The van der Waals surface area contributed by atoms with E-state index in [0.29, 0.717) is 29.2 Å². The lowest BCUT2D eigenvalue weighted by molar-refractivity contribution is -0.182. The first-order valence-corrected chi connectivity index (χ1v) is 6.32. The number of nitrogens with one attached hydrogen (secondary N) is 1. The number of para-hydroxylation sites is 1. The third-order valence-corrected chi connectivity index (χ3v) is 3.13. The Morgan fingerprint density at radius 3 is 2.55 bits per heavy atom. The van der Waals surface area contributed by atoms with Crippen LogP contribution < -0.4 is 5.43 Å². The summed E-state index contributed by atoms with van der Waals surface area (Å²) in [5.41, 5.74) is 4.22. The van der Waals surface area contributed by atoms with E-state index in [9.17, 15) is 18.0 Å². The summed E-state index contributed by atoms with van der Waals surface area (Å²) in [4.78, 5) is 11.6. The number of nitrogens with zero attached hydrogens (tertiary/aromatic N) is 1. The third kappa shape index (κ3) is 3.12. The number of aryl methyl sites for hydroxylation is 1. The maximum Gasteiger partial charge on any atom is 0.473 e. The number of hydrogen-bond acceptors (Lipinski definition) is 2. The first kappa shape index (κ1) is 14.4. The Labute approximate surface area is 115 Å². The molecule has 108 valence electrons. The molecular weight excluding hydrogens is 269 g/mol. The minimum atomic E-state index is -4.90. The molecule has 0 radical (unpaired) electrons. The number of carbonyl (C=O) groups is 1. The molecule has 0 bridgehead atoms. The SMILES string of the molecule is Cc1ccccc1NN(C(=O)C(F)(F)F)C1=CCCC1. The highest BCUT2D eigenvalue weighted by Gasteiger charge is 2.44. The normalized spacial score (nSPS) is 14.9. The fraction of sp³-hybridized carbons (Fsp3) is 0.357. The zero-order valence-electron chi connectivity index (χ0n) is 11.0. The Kier molecular flexibility index (Phi) is 4.01. The summed E-state index contributed by atoms with van der Waals surface area (Å²) in [7, 11) is 0. The lowest BCUT2D eigenvalue weighted by atomic mass is 10.2. The summed E-state index contributed by atoms with van der Waals surface area (Å²) in [6.45, 7) is 1.77. The predicted molar refractivity (Wildman–Crippen MR) is 69.6 cm³/mol. The average Bonchev–Trinajstić information content (AvgIpc) is 2.89. The van der Waals surface area contributed by atoms with E-state index in [2.05, 4.69) is 5.43 Å². The number of anilines is 1. The van der Waals surface area contributed by atoms with Crippen LogP contribution in [0.1, 0.15) is 24.8 Å². The molecule has 0 fully saturated rings. The van der Waals surface area contributed by atoms with Crippen molar-refractivity contribution >= 4 is 11.6 Å². The number of carbonyl (C=O) groups excluding carboxylic acids is 1. The van der Waals surface area contributed by atoms with E-state index in [4.69, 9.17) is 0 Å². The third-order valence-electron chi connectivity index (χ3n) is 3.13. The number of hydrogen-bond donors (Lipinski definition) is 1. The predicted octanol–water partition coefficient (Wildman–Crippen LogP) is 3.78. The smallest absolute Gasteiger partial charge is 0.291 e.